The van der Waals surface area contributed by atoms with Crippen LogP contribution >= 0.6 is 0 Å². The first-order valence-corrected chi connectivity index (χ1v) is 3.55. The molecule has 0 aliphatic carbocycles. The molecular weight excluding hydrogens is 138 g/mol. The Balaban J connectivity index is 2.65. The van der Waals surface area contributed by atoms with E-state index >= 15 is 0 Å². The SMILES string of the molecule is [2H]N(C)Cc1ccc(OC)cc1. The Kier molecular flexibility index (Phi) is 2.42. The Bertz CT molecular complexity index is 233. The molecule has 1 N–H and O–H groups in total. The highest BCUT2D eigenvalue weighted by Gasteiger charge is 1.90. The summed E-state index contributed by atoms with van der Waals surface area (Å²) in [4.78, 5) is 0. The smallest absolute Gasteiger partial charge is 0.122 e. The van der Waals surface area contributed by atoms with Gasteiger partial charge in [-0.25, -0.2) is 0 Å². The van der Waals surface area contributed by atoms with Crippen molar-refractivity contribution in [1.29, 1.82) is 0 Å². The van der Waals surface area contributed by atoms with Crippen molar-refractivity contribution in [1.82, 2.24) is 5.31 Å². The lowest BCUT2D eigenvalue weighted by molar-refractivity contribution is 0.414. The van der Waals surface area contributed by atoms with E-state index in [-0.39, 0.29) is 0 Å². The highest BCUT2D eigenvalue weighted by molar-refractivity contribution is 5.26. The molecule has 0 atom stereocenters. The number of methoxy groups -OCH3 is 1. The number of nitrogens with one attached hydrogen (secondary N) is 1. The second-order valence-electron chi connectivity index (χ2n) is 2.32. The summed E-state index contributed by atoms with van der Waals surface area (Å²) in [7, 11) is 3.37. The first-order chi connectivity index (χ1) is 5.72. The maximum Gasteiger partial charge on any atom is 0.122 e. The van der Waals surface area contributed by atoms with E-state index in [1.165, 1.54) is 5.31 Å². The van der Waals surface area contributed by atoms with Crippen LogP contribution in [0.1, 0.15) is 5.56 Å². The predicted octanol–water partition coefficient (Wildman–Crippen LogP) is 1.41. The molecule has 2 heteroatoms. The van der Waals surface area contributed by atoms with Crippen molar-refractivity contribution < 1.29 is 6.15 Å². The van der Waals surface area contributed by atoms with Crippen molar-refractivity contribution in [2.45, 2.75) is 6.54 Å². The quantitative estimate of drug-likeness (QED) is 0.707. The minimum atomic E-state index is 0.643. The summed E-state index contributed by atoms with van der Waals surface area (Å²) in [6.07, 6.45) is 0. The standard InChI is InChI=1S/C9H13NO/c1-10-7-8-3-5-9(11-2)6-4-8/h3-6,10H,7H2,1-2H3/i/hD. The van der Waals surface area contributed by atoms with Gasteiger partial charge in [0.1, 0.15) is 7.16 Å². The molecule has 0 spiro atoms. The van der Waals surface area contributed by atoms with Crippen LogP contribution in [0.5, 0.6) is 5.75 Å². The third kappa shape index (κ3) is 2.24. The summed E-state index contributed by atoms with van der Waals surface area (Å²) in [5.74, 6) is 0.853. The molecule has 1 aromatic carbocycles. The largest absolute Gasteiger partial charge is 0.497 e. The van der Waals surface area contributed by atoms with Crippen molar-refractivity contribution in [2.75, 3.05) is 14.2 Å². The summed E-state index contributed by atoms with van der Waals surface area (Å²) < 4.78 is 12.2. The van der Waals surface area contributed by atoms with Crippen LogP contribution < -0.4 is 10.0 Å². The van der Waals surface area contributed by atoms with E-state index in [0.717, 1.165) is 11.3 Å². The van der Waals surface area contributed by atoms with Gasteiger partial charge >= 0.3 is 0 Å². The van der Waals surface area contributed by atoms with Gasteiger partial charge in [-0.15, -0.1) is 0 Å². The van der Waals surface area contributed by atoms with Gasteiger partial charge in [-0.1, -0.05) is 12.1 Å². The third-order valence-electron chi connectivity index (χ3n) is 1.50. The molecule has 1 rings (SSSR count). The summed E-state index contributed by atoms with van der Waals surface area (Å²) >= 11 is 0. The number of ether oxygens (including phenoxy) is 1. The molecule has 0 aromatic heterocycles. The normalized spacial score (nSPS) is 11.4. The molecule has 0 fully saturated rings. The molecule has 60 valence electrons. The van der Waals surface area contributed by atoms with Crippen LogP contribution in [-0.4, -0.2) is 14.2 Å². The summed E-state index contributed by atoms with van der Waals surface area (Å²) in [6.45, 7) is 0.643. The molecule has 1 aromatic rings. The van der Waals surface area contributed by atoms with Crippen LogP contribution in [0, 0.1) is 0 Å². The summed E-state index contributed by atoms with van der Waals surface area (Å²) in [5.41, 5.74) is 1.12. The van der Waals surface area contributed by atoms with Crippen molar-refractivity contribution in [3.05, 3.63) is 29.8 Å². The number of rotatable bonds is 3. The molecule has 0 unspecified atom stereocenters. The van der Waals surface area contributed by atoms with Gasteiger partial charge in [0.2, 0.25) is 0 Å². The molecule has 2 nitrogen and oxygen atoms in total. The highest BCUT2D eigenvalue weighted by atomic mass is 16.5. The fraction of sp³-hybridized carbons (Fsp3) is 0.333. The highest BCUT2D eigenvalue weighted by Crippen LogP contribution is 2.10. The lowest BCUT2D eigenvalue weighted by Crippen LogP contribution is -2.04. The van der Waals surface area contributed by atoms with Crippen LogP contribution in [0.25, 0.3) is 0 Å². The molecule has 0 radical (unpaired) electrons. The molecule has 0 saturated heterocycles. The fourth-order valence-corrected chi connectivity index (χ4v) is 0.914. The van der Waals surface area contributed by atoms with Gasteiger partial charge in [0.05, 0.1) is 7.11 Å². The maximum atomic E-state index is 7.22. The molecule has 0 bridgehead atoms. The van der Waals surface area contributed by atoms with Gasteiger partial charge in [0.25, 0.3) is 0 Å². The van der Waals surface area contributed by atoms with Crippen molar-refractivity contribution in [2.24, 2.45) is 0 Å². The third-order valence-corrected chi connectivity index (χ3v) is 1.50. The molecular formula is C9H13NO. The minimum Gasteiger partial charge on any atom is -0.497 e. The van der Waals surface area contributed by atoms with Gasteiger partial charge in [-0.05, 0) is 24.7 Å². The van der Waals surface area contributed by atoms with E-state index in [1.807, 2.05) is 24.3 Å². The Morgan fingerprint density at radius 2 is 2.09 bits per heavy atom. The lowest BCUT2D eigenvalue weighted by atomic mass is 10.2. The molecule has 0 saturated carbocycles. The van der Waals surface area contributed by atoms with Crippen molar-refractivity contribution in [3.63, 3.8) is 0 Å². The topological polar surface area (TPSA) is 21.3 Å². The predicted molar refractivity (Wildman–Crippen MR) is 45.8 cm³/mol. The van der Waals surface area contributed by atoms with Crippen LogP contribution in [-0.2, 0) is 6.54 Å². The lowest BCUT2D eigenvalue weighted by Gasteiger charge is -2.01. The van der Waals surface area contributed by atoms with Crippen molar-refractivity contribution >= 4 is 0 Å². The summed E-state index contributed by atoms with van der Waals surface area (Å²) in [5, 5.41) is 1.39. The zero-order chi connectivity index (χ0) is 8.97. The van der Waals surface area contributed by atoms with Gasteiger partial charge in [-0.3, -0.25) is 0 Å². The monoisotopic (exact) mass is 152 g/mol. The Morgan fingerprint density at radius 1 is 1.45 bits per heavy atom. The average Bonchev–Trinajstić information content (AvgIpc) is 2.05. The van der Waals surface area contributed by atoms with Crippen LogP contribution in [0.2, 0.25) is 1.41 Å². The Morgan fingerprint density at radius 3 is 2.55 bits per heavy atom. The van der Waals surface area contributed by atoms with E-state index < -0.39 is 0 Å². The van der Waals surface area contributed by atoms with Gasteiger partial charge in [-0.2, -0.15) is 0 Å². The second kappa shape index (κ2) is 3.98. The molecule has 0 aliphatic heterocycles. The van der Waals surface area contributed by atoms with E-state index in [9.17, 15) is 0 Å². The molecule has 0 heterocycles. The van der Waals surface area contributed by atoms with Gasteiger partial charge in [0.15, 0.2) is 0 Å². The zero-order valence-electron chi connectivity index (χ0n) is 7.87. The van der Waals surface area contributed by atoms with E-state index in [0.29, 0.717) is 6.54 Å². The Hall–Kier alpha value is -1.02. The minimum absolute atomic E-state index is 0.643. The average molecular weight is 152 g/mol. The maximum absolute atomic E-state index is 7.22. The van der Waals surface area contributed by atoms with Crippen molar-refractivity contribution in [3.8, 4) is 5.75 Å². The van der Waals surface area contributed by atoms with Crippen LogP contribution in [0.15, 0.2) is 24.3 Å². The number of benzene rings is 1. The van der Waals surface area contributed by atoms with Gasteiger partial charge < -0.3 is 10.0 Å². The zero-order valence-corrected chi connectivity index (χ0v) is 6.87. The second-order valence-corrected chi connectivity index (χ2v) is 2.32. The van der Waals surface area contributed by atoms with E-state index in [2.05, 4.69) is 0 Å². The molecule has 0 amide bonds. The Labute approximate surface area is 68.7 Å². The molecule has 0 aliphatic rings. The van der Waals surface area contributed by atoms with Crippen LogP contribution in [0.4, 0.5) is 0 Å². The first kappa shape index (κ1) is 6.68. The molecule has 11 heavy (non-hydrogen) atoms. The van der Waals surface area contributed by atoms with Gasteiger partial charge in [0, 0.05) is 6.54 Å². The number of hydrogen-bond acceptors (Lipinski definition) is 2. The number of hydrogen-bond donors (Lipinski definition) is 1. The van der Waals surface area contributed by atoms with E-state index in [1.54, 1.807) is 14.2 Å². The first-order valence-electron chi connectivity index (χ1n) is 4.00. The van der Waals surface area contributed by atoms with Crippen LogP contribution in [0.3, 0.4) is 0 Å². The fourth-order valence-electron chi connectivity index (χ4n) is 0.914. The summed E-state index contributed by atoms with van der Waals surface area (Å²) in [6, 6.07) is 7.73. The van der Waals surface area contributed by atoms with E-state index in [4.69, 9.17) is 6.15 Å².